The maximum Gasteiger partial charge on any atom is 0.239 e. The van der Waals surface area contributed by atoms with Gasteiger partial charge in [-0.1, -0.05) is 0 Å². The van der Waals surface area contributed by atoms with Crippen molar-refractivity contribution in [1.29, 1.82) is 0 Å². The molecule has 0 fully saturated rings. The molecule has 0 aliphatic heterocycles. The van der Waals surface area contributed by atoms with Gasteiger partial charge in [0.05, 0.1) is 26.0 Å². The van der Waals surface area contributed by atoms with Crippen molar-refractivity contribution in [3.8, 4) is 11.8 Å². The average molecular weight is 354 g/mol. The van der Waals surface area contributed by atoms with E-state index < -0.39 is 0 Å². The van der Waals surface area contributed by atoms with Crippen LogP contribution in [0.25, 0.3) is 0 Å². The van der Waals surface area contributed by atoms with Gasteiger partial charge in [0.2, 0.25) is 17.7 Å². The normalized spacial score (nSPS) is 10.2. The van der Waals surface area contributed by atoms with Crippen molar-refractivity contribution in [3.05, 3.63) is 36.2 Å². The zero-order valence-electron chi connectivity index (χ0n) is 12.7. The second-order valence-corrected chi connectivity index (χ2v) is 5.68. The van der Waals surface area contributed by atoms with Crippen LogP contribution in [0, 0.1) is 0 Å². The number of thioether (sulfide) groups is 1. The first-order valence-corrected chi connectivity index (χ1v) is 8.21. The molecule has 1 aromatic heterocycles. The third kappa shape index (κ3) is 5.30. The van der Waals surface area contributed by atoms with Gasteiger partial charge in [0.25, 0.3) is 0 Å². The van der Waals surface area contributed by atoms with E-state index >= 15 is 0 Å². The van der Waals surface area contributed by atoms with Crippen LogP contribution in [0.15, 0.2) is 35.2 Å². The molecule has 2 rings (SSSR count). The number of carbonyl (C=O) groups is 1. The maximum absolute atomic E-state index is 11.2. The minimum Gasteiger partial charge on any atom is -0.481 e. The van der Waals surface area contributed by atoms with Gasteiger partial charge in [-0.3, -0.25) is 4.79 Å². The van der Waals surface area contributed by atoms with Crippen molar-refractivity contribution in [3.63, 3.8) is 0 Å². The molecule has 0 aliphatic rings. The van der Waals surface area contributed by atoms with E-state index in [4.69, 9.17) is 21.1 Å². The Hall–Kier alpha value is -1.99. The van der Waals surface area contributed by atoms with Crippen molar-refractivity contribution in [2.24, 2.45) is 0 Å². The number of benzene rings is 1. The summed E-state index contributed by atoms with van der Waals surface area (Å²) in [4.78, 5) is 20.8. The van der Waals surface area contributed by atoms with Crippen molar-refractivity contribution in [1.82, 2.24) is 9.97 Å². The van der Waals surface area contributed by atoms with Gasteiger partial charge >= 0.3 is 0 Å². The largest absolute Gasteiger partial charge is 0.481 e. The molecule has 0 bridgehead atoms. The number of carbonyl (C=O) groups excluding carboxylic acids is 1. The summed E-state index contributed by atoms with van der Waals surface area (Å²) in [6.45, 7) is 0. The van der Waals surface area contributed by atoms with Crippen LogP contribution < -0.4 is 14.8 Å². The fourth-order valence-electron chi connectivity index (χ4n) is 1.70. The molecule has 2 aromatic rings. The van der Waals surface area contributed by atoms with Crippen LogP contribution in [0.1, 0.15) is 5.82 Å². The van der Waals surface area contributed by atoms with Gasteiger partial charge in [-0.2, -0.15) is 9.97 Å². The monoisotopic (exact) mass is 353 g/mol. The fourth-order valence-corrected chi connectivity index (χ4v) is 2.52. The zero-order valence-corrected chi connectivity index (χ0v) is 14.3. The fraction of sp³-hybridized carbons (Fsp3) is 0.267. The molecule has 1 N–H and O–H groups in total. The Morgan fingerprint density at radius 2 is 1.78 bits per heavy atom. The lowest BCUT2D eigenvalue weighted by atomic mass is 10.3. The number of aromatic nitrogens is 2. The number of halogens is 1. The molecule has 0 saturated heterocycles. The topological polar surface area (TPSA) is 73.3 Å². The number of ether oxygens (including phenoxy) is 2. The molecule has 1 aromatic carbocycles. The van der Waals surface area contributed by atoms with Gasteiger partial charge in [-0.05, 0) is 24.3 Å². The molecular formula is C15H16ClN3O3S. The lowest BCUT2D eigenvalue weighted by Crippen LogP contribution is -2.12. The van der Waals surface area contributed by atoms with E-state index in [2.05, 4.69) is 15.3 Å². The lowest BCUT2D eigenvalue weighted by molar-refractivity contribution is -0.113. The third-order valence-corrected chi connectivity index (χ3v) is 4.02. The van der Waals surface area contributed by atoms with E-state index in [1.165, 1.54) is 0 Å². The van der Waals surface area contributed by atoms with E-state index in [0.29, 0.717) is 29.0 Å². The number of amides is 1. The molecule has 0 atom stereocenters. The highest BCUT2D eigenvalue weighted by Gasteiger charge is 2.06. The predicted molar refractivity (Wildman–Crippen MR) is 90.5 cm³/mol. The molecular weight excluding hydrogens is 338 g/mol. The molecule has 8 heteroatoms. The molecule has 1 heterocycles. The summed E-state index contributed by atoms with van der Waals surface area (Å²) in [6, 6.07) is 9.08. The standard InChI is InChI=1S/C15H16ClN3O3S/c1-21-14-7-15(22-2)19-12(18-14)9-23-11-5-3-10(4-6-11)17-13(20)8-16/h3-7H,8-9H2,1-2H3,(H,17,20). The van der Waals surface area contributed by atoms with Gasteiger partial charge in [0.15, 0.2) is 0 Å². The first kappa shape index (κ1) is 17.4. The van der Waals surface area contributed by atoms with Crippen LogP contribution in [-0.4, -0.2) is 36.0 Å². The number of nitrogens with zero attached hydrogens (tertiary/aromatic N) is 2. The Kier molecular flexibility index (Phi) is 6.49. The van der Waals surface area contributed by atoms with E-state index in [0.717, 1.165) is 4.90 Å². The first-order chi connectivity index (χ1) is 11.1. The Balaban J connectivity index is 1.99. The van der Waals surface area contributed by atoms with Gasteiger partial charge in [0.1, 0.15) is 11.7 Å². The zero-order chi connectivity index (χ0) is 16.7. The Bertz CT molecular complexity index is 645. The summed E-state index contributed by atoms with van der Waals surface area (Å²) < 4.78 is 10.2. The summed E-state index contributed by atoms with van der Waals surface area (Å²) in [5, 5.41) is 2.68. The second kappa shape index (κ2) is 8.59. The van der Waals surface area contributed by atoms with E-state index in [-0.39, 0.29) is 11.8 Å². The molecule has 0 saturated carbocycles. The number of methoxy groups -OCH3 is 2. The molecule has 6 nitrogen and oxygen atoms in total. The summed E-state index contributed by atoms with van der Waals surface area (Å²) in [5.41, 5.74) is 0.708. The van der Waals surface area contributed by atoms with Crippen molar-refractivity contribution in [2.45, 2.75) is 10.6 Å². The Morgan fingerprint density at radius 1 is 1.17 bits per heavy atom. The first-order valence-electron chi connectivity index (χ1n) is 6.69. The van der Waals surface area contributed by atoms with Crippen LogP contribution >= 0.6 is 23.4 Å². The summed E-state index contributed by atoms with van der Waals surface area (Å²) in [5.74, 6) is 1.82. The second-order valence-electron chi connectivity index (χ2n) is 4.36. The van der Waals surface area contributed by atoms with Crippen molar-refractivity contribution >= 4 is 35.0 Å². The SMILES string of the molecule is COc1cc(OC)nc(CSc2ccc(NC(=O)CCl)cc2)n1. The van der Waals surface area contributed by atoms with Gasteiger partial charge in [-0.25, -0.2) is 0 Å². The van der Waals surface area contributed by atoms with Crippen LogP contribution in [0.4, 0.5) is 5.69 Å². The number of hydrogen-bond donors (Lipinski definition) is 1. The summed E-state index contributed by atoms with van der Waals surface area (Å²) >= 11 is 7.02. The summed E-state index contributed by atoms with van der Waals surface area (Å²) in [6.07, 6.45) is 0. The Labute approximate surface area is 143 Å². The number of hydrogen-bond acceptors (Lipinski definition) is 6. The highest BCUT2D eigenvalue weighted by molar-refractivity contribution is 7.98. The summed E-state index contributed by atoms with van der Waals surface area (Å²) in [7, 11) is 3.10. The smallest absolute Gasteiger partial charge is 0.239 e. The predicted octanol–water partition coefficient (Wildman–Crippen LogP) is 2.96. The van der Waals surface area contributed by atoms with Crippen LogP contribution in [-0.2, 0) is 10.5 Å². The van der Waals surface area contributed by atoms with Crippen LogP contribution in [0.5, 0.6) is 11.8 Å². The van der Waals surface area contributed by atoms with Crippen molar-refractivity contribution in [2.75, 3.05) is 25.4 Å². The molecule has 23 heavy (non-hydrogen) atoms. The molecule has 0 unspecified atom stereocenters. The molecule has 0 spiro atoms. The number of alkyl halides is 1. The van der Waals surface area contributed by atoms with Gasteiger partial charge < -0.3 is 14.8 Å². The van der Waals surface area contributed by atoms with Crippen molar-refractivity contribution < 1.29 is 14.3 Å². The maximum atomic E-state index is 11.2. The van der Waals surface area contributed by atoms with E-state index in [1.54, 1.807) is 32.0 Å². The lowest BCUT2D eigenvalue weighted by Gasteiger charge is -2.07. The average Bonchev–Trinajstić information content (AvgIpc) is 2.60. The van der Waals surface area contributed by atoms with Gasteiger partial charge in [-0.15, -0.1) is 23.4 Å². The molecule has 122 valence electrons. The van der Waals surface area contributed by atoms with Gasteiger partial charge in [0, 0.05) is 10.6 Å². The highest BCUT2D eigenvalue weighted by atomic mass is 35.5. The number of rotatable bonds is 7. The quantitative estimate of drug-likeness (QED) is 0.609. The third-order valence-electron chi connectivity index (χ3n) is 2.77. The highest BCUT2D eigenvalue weighted by Crippen LogP contribution is 2.25. The minimum absolute atomic E-state index is 0.0640. The molecule has 0 radical (unpaired) electrons. The van der Waals surface area contributed by atoms with E-state index in [9.17, 15) is 4.79 Å². The van der Waals surface area contributed by atoms with E-state index in [1.807, 2.05) is 24.3 Å². The molecule has 0 aliphatic carbocycles. The van der Waals surface area contributed by atoms with Crippen LogP contribution in [0.3, 0.4) is 0 Å². The number of nitrogens with one attached hydrogen (secondary N) is 1. The minimum atomic E-state index is -0.232. The molecule has 1 amide bonds. The Morgan fingerprint density at radius 3 is 2.30 bits per heavy atom. The number of anilines is 1. The van der Waals surface area contributed by atoms with Crippen LogP contribution in [0.2, 0.25) is 0 Å².